The Morgan fingerprint density at radius 2 is 1.85 bits per heavy atom. The smallest absolute Gasteiger partial charge is 0.449 e. The van der Waals surface area contributed by atoms with Crippen LogP contribution in [0.2, 0.25) is 0 Å². The van der Waals surface area contributed by atoms with Crippen LogP contribution in [0.3, 0.4) is 0 Å². The molecule has 1 aromatic carbocycles. The van der Waals surface area contributed by atoms with Gasteiger partial charge in [0, 0.05) is 6.42 Å². The van der Waals surface area contributed by atoms with Gasteiger partial charge in [-0.25, -0.2) is 9.59 Å². The number of hydrogen-bond donors (Lipinski definition) is 1. The third kappa shape index (κ3) is 9.41. The SMILES string of the molecule is CC(C)(C)OC(=O)NC(Cc1ccc(OS(=O)(=O)F)cc1)C(=O)OCC#N. The molecule has 0 bridgehead atoms. The Morgan fingerprint density at radius 3 is 2.33 bits per heavy atom. The van der Waals surface area contributed by atoms with Crippen LogP contribution in [0, 0.1) is 11.3 Å². The lowest BCUT2D eigenvalue weighted by Crippen LogP contribution is -2.45. The molecule has 1 aromatic rings. The molecule has 0 aliphatic rings. The molecule has 27 heavy (non-hydrogen) atoms. The van der Waals surface area contributed by atoms with Crippen LogP contribution in [-0.2, 0) is 31.2 Å². The van der Waals surface area contributed by atoms with Crippen LogP contribution in [0.1, 0.15) is 26.3 Å². The third-order valence-electron chi connectivity index (χ3n) is 2.81. The van der Waals surface area contributed by atoms with E-state index in [1.165, 1.54) is 24.3 Å². The Morgan fingerprint density at radius 1 is 1.26 bits per heavy atom. The minimum absolute atomic E-state index is 0.0494. The van der Waals surface area contributed by atoms with Crippen LogP contribution >= 0.6 is 0 Å². The lowest BCUT2D eigenvalue weighted by atomic mass is 10.1. The number of alkyl carbamates (subject to hydrolysis) is 1. The molecular formula is C16H19FN2O7S. The van der Waals surface area contributed by atoms with Gasteiger partial charge >= 0.3 is 22.6 Å². The highest BCUT2D eigenvalue weighted by molar-refractivity contribution is 7.81. The van der Waals surface area contributed by atoms with Gasteiger partial charge in [-0.05, 0) is 38.5 Å². The highest BCUT2D eigenvalue weighted by Gasteiger charge is 2.26. The molecule has 0 aromatic heterocycles. The maximum Gasteiger partial charge on any atom is 0.488 e. The summed E-state index contributed by atoms with van der Waals surface area (Å²) in [5, 5.41) is 10.9. The second-order valence-electron chi connectivity index (χ2n) is 6.29. The molecule has 0 aliphatic carbocycles. The number of hydrogen-bond acceptors (Lipinski definition) is 8. The van der Waals surface area contributed by atoms with Crippen LogP contribution in [0.4, 0.5) is 8.68 Å². The lowest BCUT2D eigenvalue weighted by molar-refractivity contribution is -0.144. The summed E-state index contributed by atoms with van der Waals surface area (Å²) in [5.41, 5.74) is -0.309. The molecule has 0 heterocycles. The maximum absolute atomic E-state index is 12.5. The molecule has 0 saturated carbocycles. The molecule has 1 atom stereocenters. The average Bonchev–Trinajstić information content (AvgIpc) is 2.50. The quantitative estimate of drug-likeness (QED) is 0.539. The maximum atomic E-state index is 12.5. The number of nitrogens with zero attached hydrogens (tertiary/aromatic N) is 1. The van der Waals surface area contributed by atoms with Gasteiger partial charge in [0.05, 0.1) is 0 Å². The Hall–Kier alpha value is -2.87. The number of amides is 1. The number of nitrogens with one attached hydrogen (secondary N) is 1. The summed E-state index contributed by atoms with van der Waals surface area (Å²) in [6.45, 7) is 4.44. The summed E-state index contributed by atoms with van der Waals surface area (Å²) in [7, 11) is -5.15. The molecular weight excluding hydrogens is 383 g/mol. The number of ether oxygens (including phenoxy) is 2. The van der Waals surface area contributed by atoms with E-state index in [1.807, 2.05) is 0 Å². The molecule has 0 fully saturated rings. The molecule has 11 heteroatoms. The van der Waals surface area contributed by atoms with Gasteiger partial charge in [0.2, 0.25) is 0 Å². The molecule has 148 valence electrons. The first kappa shape index (κ1) is 22.2. The molecule has 0 saturated heterocycles. The summed E-state index contributed by atoms with van der Waals surface area (Å²) < 4.78 is 47.3. The van der Waals surface area contributed by atoms with Gasteiger partial charge in [-0.2, -0.15) is 13.7 Å². The minimum Gasteiger partial charge on any atom is -0.449 e. The molecule has 1 unspecified atom stereocenters. The molecule has 9 nitrogen and oxygen atoms in total. The van der Waals surface area contributed by atoms with Gasteiger partial charge in [0.15, 0.2) is 6.61 Å². The standard InChI is InChI=1S/C16H19FN2O7S/c1-16(2,3)25-15(21)19-13(14(20)24-9-8-18)10-11-4-6-12(7-5-11)26-27(17,22)23/h4-7,13H,9-10H2,1-3H3,(H,19,21). The first-order chi connectivity index (χ1) is 12.4. The van der Waals surface area contributed by atoms with E-state index in [0.29, 0.717) is 5.56 Å². The number of nitriles is 1. The van der Waals surface area contributed by atoms with E-state index in [0.717, 1.165) is 0 Å². The first-order valence-corrected chi connectivity index (χ1v) is 8.96. The van der Waals surface area contributed by atoms with Crippen LogP contribution < -0.4 is 9.50 Å². The summed E-state index contributed by atoms with van der Waals surface area (Å²) in [6.07, 6.45) is -0.906. The summed E-state index contributed by atoms with van der Waals surface area (Å²) in [5.74, 6) is -1.11. The van der Waals surface area contributed by atoms with E-state index in [4.69, 9.17) is 14.7 Å². The lowest BCUT2D eigenvalue weighted by Gasteiger charge is -2.22. The van der Waals surface area contributed by atoms with E-state index in [1.54, 1.807) is 26.8 Å². The van der Waals surface area contributed by atoms with Gasteiger partial charge in [-0.3, -0.25) is 0 Å². The van der Waals surface area contributed by atoms with Gasteiger partial charge in [0.1, 0.15) is 23.5 Å². The first-order valence-electron chi connectivity index (χ1n) is 7.66. The van der Waals surface area contributed by atoms with Crippen molar-refractivity contribution in [2.24, 2.45) is 0 Å². The van der Waals surface area contributed by atoms with E-state index >= 15 is 0 Å². The van der Waals surface area contributed by atoms with Crippen molar-refractivity contribution < 1.29 is 35.5 Å². The number of esters is 1. The summed E-state index contributed by atoms with van der Waals surface area (Å²) >= 11 is 0. The van der Waals surface area contributed by atoms with Crippen LogP contribution in [0.15, 0.2) is 24.3 Å². The number of benzene rings is 1. The number of carbonyl (C=O) groups excluding carboxylic acids is 2. The normalized spacial score (nSPS) is 12.4. The van der Waals surface area contributed by atoms with E-state index in [-0.39, 0.29) is 12.2 Å². The number of carbonyl (C=O) groups is 2. The zero-order valence-corrected chi connectivity index (χ0v) is 15.7. The van der Waals surface area contributed by atoms with Crippen molar-refractivity contribution in [3.05, 3.63) is 29.8 Å². The fourth-order valence-corrected chi connectivity index (χ4v) is 2.22. The Labute approximate surface area is 156 Å². The third-order valence-corrected chi connectivity index (χ3v) is 3.20. The minimum atomic E-state index is -5.15. The monoisotopic (exact) mass is 402 g/mol. The molecule has 0 radical (unpaired) electrons. The Balaban J connectivity index is 2.88. The van der Waals surface area contributed by atoms with Crippen LogP contribution in [0.25, 0.3) is 0 Å². The average molecular weight is 402 g/mol. The Kier molecular flexibility index (Phi) is 7.54. The molecule has 0 aliphatic heterocycles. The van der Waals surface area contributed by atoms with Gasteiger partial charge in [-0.1, -0.05) is 16.0 Å². The van der Waals surface area contributed by atoms with Crippen molar-refractivity contribution in [1.82, 2.24) is 5.32 Å². The Bertz CT molecular complexity index is 811. The summed E-state index contributed by atoms with van der Waals surface area (Å²) in [6, 6.07) is 5.59. The van der Waals surface area contributed by atoms with Crippen molar-refractivity contribution in [3.8, 4) is 11.8 Å². The zero-order chi connectivity index (χ0) is 20.7. The predicted octanol–water partition coefficient (Wildman–Crippen LogP) is 1.78. The van der Waals surface area contributed by atoms with Crippen LogP contribution in [-0.4, -0.2) is 38.7 Å². The predicted molar refractivity (Wildman–Crippen MR) is 90.5 cm³/mol. The number of rotatable bonds is 7. The molecule has 1 amide bonds. The fourth-order valence-electron chi connectivity index (χ4n) is 1.88. The van der Waals surface area contributed by atoms with Gasteiger partial charge in [0.25, 0.3) is 0 Å². The van der Waals surface area contributed by atoms with Crippen molar-refractivity contribution in [2.75, 3.05) is 6.61 Å². The largest absolute Gasteiger partial charge is 0.488 e. The van der Waals surface area contributed by atoms with Gasteiger partial charge < -0.3 is 19.0 Å². The van der Waals surface area contributed by atoms with Crippen molar-refractivity contribution in [1.29, 1.82) is 5.26 Å². The van der Waals surface area contributed by atoms with E-state index < -0.39 is 40.8 Å². The van der Waals surface area contributed by atoms with Crippen LogP contribution in [0.5, 0.6) is 5.75 Å². The van der Waals surface area contributed by atoms with Crippen molar-refractivity contribution >= 4 is 22.6 Å². The van der Waals surface area contributed by atoms with Crippen molar-refractivity contribution in [2.45, 2.75) is 38.8 Å². The second kappa shape index (κ2) is 9.18. The van der Waals surface area contributed by atoms with Gasteiger partial charge in [-0.15, -0.1) is 0 Å². The van der Waals surface area contributed by atoms with Crippen molar-refractivity contribution in [3.63, 3.8) is 0 Å². The molecule has 0 spiro atoms. The van der Waals surface area contributed by atoms with E-state index in [2.05, 4.69) is 9.50 Å². The zero-order valence-electron chi connectivity index (χ0n) is 14.9. The topological polar surface area (TPSA) is 132 Å². The van der Waals surface area contributed by atoms with E-state index in [9.17, 15) is 21.9 Å². The number of halogens is 1. The molecule has 1 rings (SSSR count). The highest BCUT2D eigenvalue weighted by atomic mass is 32.3. The molecule has 1 N–H and O–H groups in total. The fraction of sp³-hybridized carbons (Fsp3) is 0.438. The second-order valence-corrected chi connectivity index (χ2v) is 7.24. The highest BCUT2D eigenvalue weighted by Crippen LogP contribution is 2.16. The summed E-state index contributed by atoms with van der Waals surface area (Å²) in [4.78, 5) is 24.0.